The van der Waals surface area contributed by atoms with Gasteiger partial charge in [-0.25, -0.2) is 4.68 Å². The normalized spacial score (nSPS) is 10.5. The molecule has 0 fully saturated rings. The Morgan fingerprint density at radius 1 is 1.19 bits per heavy atom. The molecule has 5 nitrogen and oxygen atoms in total. The fraction of sp³-hybridized carbons (Fsp3) is 0. The van der Waals surface area contributed by atoms with Gasteiger partial charge in [-0.2, -0.15) is 0 Å². The Hall–Kier alpha value is -2.66. The van der Waals surface area contributed by atoms with E-state index in [4.69, 9.17) is 17.3 Å². The maximum atomic E-state index is 12.3. The summed E-state index contributed by atoms with van der Waals surface area (Å²) >= 11 is 5.86. The Morgan fingerprint density at radius 3 is 2.62 bits per heavy atom. The molecule has 0 amide bonds. The highest BCUT2D eigenvalue weighted by atomic mass is 35.5. The Morgan fingerprint density at radius 2 is 1.95 bits per heavy atom. The highest BCUT2D eigenvalue weighted by Crippen LogP contribution is 2.26. The molecule has 0 bridgehead atoms. The molecule has 0 atom stereocenters. The van der Waals surface area contributed by atoms with Crippen molar-refractivity contribution in [1.82, 2.24) is 14.8 Å². The van der Waals surface area contributed by atoms with Crippen LogP contribution in [0.5, 0.6) is 0 Å². The summed E-state index contributed by atoms with van der Waals surface area (Å²) in [6, 6.07) is 10.5. The topological polar surface area (TPSA) is 73.8 Å². The monoisotopic (exact) mass is 298 g/mol. The van der Waals surface area contributed by atoms with Crippen LogP contribution in [0.3, 0.4) is 0 Å². The predicted octanol–water partition coefficient (Wildman–Crippen LogP) is 2.87. The minimum atomic E-state index is -0.282. The van der Waals surface area contributed by atoms with Crippen molar-refractivity contribution in [2.75, 3.05) is 5.73 Å². The van der Waals surface area contributed by atoms with E-state index < -0.39 is 0 Å². The Bertz CT molecular complexity index is 781. The van der Waals surface area contributed by atoms with E-state index in [1.807, 2.05) is 12.1 Å². The summed E-state index contributed by atoms with van der Waals surface area (Å²) in [5.74, 6) is 0.00424. The van der Waals surface area contributed by atoms with Crippen molar-refractivity contribution in [2.45, 2.75) is 0 Å². The number of anilines is 1. The van der Waals surface area contributed by atoms with Gasteiger partial charge in [-0.15, -0.1) is 5.10 Å². The van der Waals surface area contributed by atoms with Crippen molar-refractivity contribution >= 4 is 23.3 Å². The van der Waals surface area contributed by atoms with Crippen LogP contribution >= 0.6 is 11.6 Å². The highest BCUT2D eigenvalue weighted by Gasteiger charge is 2.14. The van der Waals surface area contributed by atoms with E-state index in [2.05, 4.69) is 10.1 Å². The lowest BCUT2D eigenvalue weighted by Crippen LogP contribution is -2.12. The third-order valence-corrected chi connectivity index (χ3v) is 3.27. The van der Waals surface area contributed by atoms with Crippen molar-refractivity contribution < 1.29 is 4.79 Å². The van der Waals surface area contributed by atoms with Gasteiger partial charge in [0, 0.05) is 29.2 Å². The molecule has 3 rings (SSSR count). The van der Waals surface area contributed by atoms with Crippen LogP contribution in [0.25, 0.3) is 11.1 Å². The lowest BCUT2D eigenvalue weighted by atomic mass is 10.1. The van der Waals surface area contributed by atoms with Crippen molar-refractivity contribution in [2.24, 2.45) is 0 Å². The number of carbonyl (C=O) groups excluding carboxylic acids is 1. The van der Waals surface area contributed by atoms with E-state index in [1.165, 1.54) is 10.9 Å². The van der Waals surface area contributed by atoms with Crippen LogP contribution in [0.2, 0.25) is 5.02 Å². The number of hydrogen-bond acceptors (Lipinski definition) is 4. The molecule has 0 saturated carbocycles. The zero-order chi connectivity index (χ0) is 14.8. The predicted molar refractivity (Wildman–Crippen MR) is 81.1 cm³/mol. The summed E-state index contributed by atoms with van der Waals surface area (Å²) in [4.78, 5) is 16.2. The molecule has 1 aromatic carbocycles. The van der Waals surface area contributed by atoms with Crippen molar-refractivity contribution in [3.63, 3.8) is 0 Å². The van der Waals surface area contributed by atoms with Gasteiger partial charge in [-0.05, 0) is 29.8 Å². The summed E-state index contributed by atoms with van der Waals surface area (Å²) in [7, 11) is 0. The van der Waals surface area contributed by atoms with Crippen LogP contribution in [0, 0.1) is 0 Å². The molecule has 0 aliphatic rings. The van der Waals surface area contributed by atoms with E-state index in [1.54, 1.807) is 36.7 Å². The fourth-order valence-electron chi connectivity index (χ4n) is 1.96. The van der Waals surface area contributed by atoms with Gasteiger partial charge in [0.2, 0.25) is 0 Å². The Balaban J connectivity index is 1.98. The second-order valence-electron chi connectivity index (χ2n) is 4.43. The largest absolute Gasteiger partial charge is 0.382 e. The molecular formula is C15H11ClN4O. The number of carbonyl (C=O) groups is 1. The number of hydrogen-bond donors (Lipinski definition) is 1. The first-order valence-corrected chi connectivity index (χ1v) is 6.59. The quantitative estimate of drug-likeness (QED) is 0.789. The van der Waals surface area contributed by atoms with E-state index in [0.29, 0.717) is 16.1 Å². The van der Waals surface area contributed by atoms with E-state index in [0.717, 1.165) is 5.56 Å². The first-order chi connectivity index (χ1) is 10.1. The van der Waals surface area contributed by atoms with Gasteiger partial charge in [0.1, 0.15) is 0 Å². The van der Waals surface area contributed by atoms with Crippen LogP contribution in [-0.4, -0.2) is 20.7 Å². The first-order valence-electron chi connectivity index (χ1n) is 6.21. The standard InChI is InChI=1S/C15H11ClN4O/c16-12-5-3-10(4-6-12)13-9-20(19-14(13)17)15(21)11-2-1-7-18-8-11/h1-9H,(H2,17,19). The van der Waals surface area contributed by atoms with Crippen LogP contribution in [0.4, 0.5) is 5.82 Å². The Kier molecular flexibility index (Phi) is 3.41. The van der Waals surface area contributed by atoms with Gasteiger partial charge < -0.3 is 5.73 Å². The molecule has 104 valence electrons. The van der Waals surface area contributed by atoms with Gasteiger partial charge in [0.25, 0.3) is 5.91 Å². The van der Waals surface area contributed by atoms with Gasteiger partial charge in [0.15, 0.2) is 5.82 Å². The summed E-state index contributed by atoms with van der Waals surface area (Å²) in [5.41, 5.74) is 7.87. The number of nitrogens with two attached hydrogens (primary N) is 1. The smallest absolute Gasteiger partial charge is 0.279 e. The molecule has 0 aliphatic heterocycles. The summed E-state index contributed by atoms with van der Waals surface area (Å²) in [6.07, 6.45) is 4.70. The summed E-state index contributed by atoms with van der Waals surface area (Å²) in [6.45, 7) is 0. The number of halogens is 1. The van der Waals surface area contributed by atoms with Gasteiger partial charge >= 0.3 is 0 Å². The van der Waals surface area contributed by atoms with Crippen molar-refractivity contribution in [3.05, 3.63) is 65.6 Å². The van der Waals surface area contributed by atoms with Gasteiger partial charge in [-0.3, -0.25) is 9.78 Å². The molecule has 0 aliphatic carbocycles. The van der Waals surface area contributed by atoms with Gasteiger partial charge in [-0.1, -0.05) is 23.7 Å². The second-order valence-corrected chi connectivity index (χ2v) is 4.86. The number of benzene rings is 1. The van der Waals surface area contributed by atoms with Crippen LogP contribution < -0.4 is 5.73 Å². The van der Waals surface area contributed by atoms with Crippen LogP contribution in [0.1, 0.15) is 10.4 Å². The molecule has 2 aromatic heterocycles. The third-order valence-electron chi connectivity index (χ3n) is 3.01. The minimum Gasteiger partial charge on any atom is -0.382 e. The molecular weight excluding hydrogens is 288 g/mol. The average Bonchev–Trinajstić information content (AvgIpc) is 2.90. The molecule has 3 aromatic rings. The van der Waals surface area contributed by atoms with E-state index >= 15 is 0 Å². The molecule has 2 heterocycles. The number of nitrogen functional groups attached to an aromatic ring is 1. The average molecular weight is 299 g/mol. The number of rotatable bonds is 2. The first kappa shape index (κ1) is 13.3. The lowest BCUT2D eigenvalue weighted by molar-refractivity contribution is 0.0945. The molecule has 21 heavy (non-hydrogen) atoms. The summed E-state index contributed by atoms with van der Waals surface area (Å²) in [5, 5.41) is 4.71. The molecule has 2 N–H and O–H groups in total. The molecule has 0 spiro atoms. The van der Waals surface area contributed by atoms with E-state index in [-0.39, 0.29) is 11.7 Å². The molecule has 0 unspecified atom stereocenters. The SMILES string of the molecule is Nc1nn(C(=O)c2cccnc2)cc1-c1ccc(Cl)cc1. The number of nitrogens with zero attached hydrogens (tertiary/aromatic N) is 3. The second kappa shape index (κ2) is 5.38. The number of pyridine rings is 1. The highest BCUT2D eigenvalue weighted by molar-refractivity contribution is 6.30. The zero-order valence-electron chi connectivity index (χ0n) is 10.9. The molecule has 0 saturated heterocycles. The number of aromatic nitrogens is 3. The summed E-state index contributed by atoms with van der Waals surface area (Å²) < 4.78 is 1.22. The molecule has 0 radical (unpaired) electrons. The Labute approximate surface area is 126 Å². The maximum Gasteiger partial charge on any atom is 0.279 e. The van der Waals surface area contributed by atoms with E-state index in [9.17, 15) is 4.79 Å². The van der Waals surface area contributed by atoms with Crippen molar-refractivity contribution in [1.29, 1.82) is 0 Å². The van der Waals surface area contributed by atoms with Crippen LogP contribution in [0.15, 0.2) is 55.0 Å². The van der Waals surface area contributed by atoms with Crippen molar-refractivity contribution in [3.8, 4) is 11.1 Å². The zero-order valence-corrected chi connectivity index (χ0v) is 11.7. The molecule has 6 heteroatoms. The maximum absolute atomic E-state index is 12.3. The third kappa shape index (κ3) is 2.64. The van der Waals surface area contributed by atoms with Gasteiger partial charge in [0.05, 0.1) is 5.56 Å². The lowest BCUT2D eigenvalue weighted by Gasteiger charge is -1.99. The van der Waals surface area contributed by atoms with Crippen LogP contribution in [-0.2, 0) is 0 Å². The minimum absolute atomic E-state index is 0.282. The fourth-order valence-corrected chi connectivity index (χ4v) is 2.09.